The molecule has 2 heterocycles. The molecule has 1 aliphatic heterocycles. The van der Waals surface area contributed by atoms with Gasteiger partial charge in [0.15, 0.2) is 5.82 Å². The fourth-order valence-electron chi connectivity index (χ4n) is 1.95. The minimum absolute atomic E-state index is 0.0291. The fourth-order valence-corrected chi connectivity index (χ4v) is 1.95. The molecule has 5 heteroatoms. The molecule has 2 atom stereocenters. The molecule has 1 saturated carbocycles. The van der Waals surface area contributed by atoms with E-state index in [0.717, 1.165) is 18.7 Å². The largest absolute Gasteiger partial charge is 0.364 e. The lowest BCUT2D eigenvalue weighted by Crippen LogP contribution is -2.18. The van der Waals surface area contributed by atoms with E-state index in [-0.39, 0.29) is 12.2 Å². The Labute approximate surface area is 88.0 Å². The van der Waals surface area contributed by atoms with Crippen LogP contribution < -0.4 is 5.73 Å². The van der Waals surface area contributed by atoms with Gasteiger partial charge in [-0.15, -0.1) is 0 Å². The Bertz CT molecular complexity index is 348. The van der Waals surface area contributed by atoms with Crippen LogP contribution in [-0.2, 0) is 4.74 Å². The summed E-state index contributed by atoms with van der Waals surface area (Å²) < 4.78 is 10.9. The van der Waals surface area contributed by atoms with Gasteiger partial charge in [-0.2, -0.15) is 4.98 Å². The Morgan fingerprint density at radius 1 is 1.27 bits per heavy atom. The van der Waals surface area contributed by atoms with Gasteiger partial charge in [0, 0.05) is 12.5 Å². The Kier molecular flexibility index (Phi) is 2.21. The molecule has 1 aromatic rings. The molecule has 1 saturated heterocycles. The van der Waals surface area contributed by atoms with Gasteiger partial charge in [-0.3, -0.25) is 0 Å². The molecule has 0 radical (unpaired) electrons. The first kappa shape index (κ1) is 9.30. The molecule has 1 aromatic heterocycles. The van der Waals surface area contributed by atoms with Crippen LogP contribution in [-0.4, -0.2) is 22.8 Å². The zero-order chi connectivity index (χ0) is 10.3. The van der Waals surface area contributed by atoms with Gasteiger partial charge < -0.3 is 15.0 Å². The molecule has 2 N–H and O–H groups in total. The molecule has 0 bridgehead atoms. The molecule has 1 aliphatic carbocycles. The Balaban J connectivity index is 1.70. The van der Waals surface area contributed by atoms with Gasteiger partial charge in [0.25, 0.3) is 5.89 Å². The maximum Gasteiger partial charge on any atom is 0.255 e. The summed E-state index contributed by atoms with van der Waals surface area (Å²) in [5, 5.41) is 3.98. The average Bonchev–Trinajstić information content (AvgIpc) is 2.84. The second kappa shape index (κ2) is 3.57. The monoisotopic (exact) mass is 209 g/mol. The standard InChI is InChI=1S/C10H15N3O2/c11-5-7-3-4-8(14-7)10-12-9(13-15-10)6-1-2-6/h6-8H,1-5,11H2/t7-,8+/m0/s1. The summed E-state index contributed by atoms with van der Waals surface area (Å²) in [6.07, 6.45) is 4.44. The van der Waals surface area contributed by atoms with E-state index in [1.54, 1.807) is 0 Å². The van der Waals surface area contributed by atoms with E-state index in [0.29, 0.717) is 18.4 Å². The third-order valence-electron chi connectivity index (χ3n) is 3.05. The molecule has 2 aliphatic rings. The maximum absolute atomic E-state index is 5.69. The number of nitrogens with two attached hydrogens (primary N) is 1. The highest BCUT2D eigenvalue weighted by Gasteiger charge is 2.33. The third kappa shape index (κ3) is 1.77. The number of aromatic nitrogens is 2. The van der Waals surface area contributed by atoms with Crippen LogP contribution in [0.2, 0.25) is 0 Å². The van der Waals surface area contributed by atoms with E-state index in [1.165, 1.54) is 12.8 Å². The first-order valence-electron chi connectivity index (χ1n) is 5.56. The summed E-state index contributed by atoms with van der Waals surface area (Å²) in [6.45, 7) is 0.570. The second-order valence-corrected chi connectivity index (χ2v) is 4.32. The quantitative estimate of drug-likeness (QED) is 0.807. The minimum atomic E-state index is -0.0291. The number of hydrogen-bond donors (Lipinski definition) is 1. The zero-order valence-electron chi connectivity index (χ0n) is 8.56. The molecule has 5 nitrogen and oxygen atoms in total. The van der Waals surface area contributed by atoms with Crippen molar-refractivity contribution in [3.8, 4) is 0 Å². The van der Waals surface area contributed by atoms with Crippen LogP contribution >= 0.6 is 0 Å². The van der Waals surface area contributed by atoms with Gasteiger partial charge in [0.2, 0.25) is 0 Å². The van der Waals surface area contributed by atoms with Crippen LogP contribution in [0.5, 0.6) is 0 Å². The molecule has 0 unspecified atom stereocenters. The molecule has 0 aromatic carbocycles. The van der Waals surface area contributed by atoms with E-state index in [1.807, 2.05) is 0 Å². The molecule has 15 heavy (non-hydrogen) atoms. The zero-order valence-corrected chi connectivity index (χ0v) is 8.56. The number of hydrogen-bond acceptors (Lipinski definition) is 5. The van der Waals surface area contributed by atoms with E-state index in [2.05, 4.69) is 10.1 Å². The summed E-state index contributed by atoms with van der Waals surface area (Å²) in [5.74, 6) is 2.02. The van der Waals surface area contributed by atoms with Gasteiger partial charge in [0.1, 0.15) is 6.10 Å². The Hall–Kier alpha value is -0.940. The van der Waals surface area contributed by atoms with Crippen molar-refractivity contribution in [2.45, 2.75) is 43.8 Å². The van der Waals surface area contributed by atoms with E-state index >= 15 is 0 Å². The Morgan fingerprint density at radius 3 is 2.80 bits per heavy atom. The fraction of sp³-hybridized carbons (Fsp3) is 0.800. The van der Waals surface area contributed by atoms with Gasteiger partial charge in [-0.25, -0.2) is 0 Å². The van der Waals surface area contributed by atoms with Crippen molar-refractivity contribution in [1.29, 1.82) is 0 Å². The van der Waals surface area contributed by atoms with Crippen LogP contribution in [0, 0.1) is 0 Å². The summed E-state index contributed by atoms with van der Waals surface area (Å²) in [4.78, 5) is 4.38. The summed E-state index contributed by atoms with van der Waals surface area (Å²) in [6, 6.07) is 0. The second-order valence-electron chi connectivity index (χ2n) is 4.32. The van der Waals surface area contributed by atoms with E-state index in [9.17, 15) is 0 Å². The van der Waals surface area contributed by atoms with E-state index < -0.39 is 0 Å². The highest BCUT2D eigenvalue weighted by molar-refractivity contribution is 5.04. The molecular weight excluding hydrogens is 194 g/mol. The number of ether oxygens (including phenoxy) is 1. The number of rotatable bonds is 3. The van der Waals surface area contributed by atoms with Crippen LogP contribution in [0.4, 0.5) is 0 Å². The third-order valence-corrected chi connectivity index (χ3v) is 3.05. The van der Waals surface area contributed by atoms with E-state index in [4.69, 9.17) is 15.0 Å². The molecule has 3 rings (SSSR count). The molecule has 0 spiro atoms. The first-order chi connectivity index (χ1) is 7.36. The van der Waals surface area contributed by atoms with Crippen molar-refractivity contribution in [3.63, 3.8) is 0 Å². The minimum Gasteiger partial charge on any atom is -0.364 e. The molecular formula is C10H15N3O2. The Morgan fingerprint density at radius 2 is 2.13 bits per heavy atom. The van der Waals surface area contributed by atoms with Crippen molar-refractivity contribution < 1.29 is 9.26 Å². The van der Waals surface area contributed by atoms with Crippen molar-refractivity contribution in [2.24, 2.45) is 5.73 Å². The van der Waals surface area contributed by atoms with Gasteiger partial charge in [-0.1, -0.05) is 5.16 Å². The van der Waals surface area contributed by atoms with Crippen LogP contribution in [0.25, 0.3) is 0 Å². The lowest BCUT2D eigenvalue weighted by molar-refractivity contribution is 0.0307. The molecule has 0 amide bonds. The van der Waals surface area contributed by atoms with Crippen LogP contribution in [0.3, 0.4) is 0 Å². The maximum atomic E-state index is 5.69. The molecule has 2 fully saturated rings. The predicted octanol–water partition coefficient (Wildman–Crippen LogP) is 1.13. The first-order valence-corrected chi connectivity index (χ1v) is 5.56. The summed E-state index contributed by atoms with van der Waals surface area (Å²) in [5.41, 5.74) is 5.55. The topological polar surface area (TPSA) is 74.2 Å². The van der Waals surface area contributed by atoms with Gasteiger partial charge in [0.05, 0.1) is 6.10 Å². The number of nitrogens with zero attached hydrogens (tertiary/aromatic N) is 2. The van der Waals surface area contributed by atoms with Crippen molar-refractivity contribution >= 4 is 0 Å². The predicted molar refractivity (Wildman–Crippen MR) is 52.2 cm³/mol. The van der Waals surface area contributed by atoms with Crippen LogP contribution in [0.1, 0.15) is 49.4 Å². The van der Waals surface area contributed by atoms with Gasteiger partial charge >= 0.3 is 0 Å². The SMILES string of the molecule is NC[C@@H]1CC[C@H](c2nc(C3CC3)no2)O1. The summed E-state index contributed by atoms with van der Waals surface area (Å²) in [7, 11) is 0. The van der Waals surface area contributed by atoms with Crippen molar-refractivity contribution in [1.82, 2.24) is 10.1 Å². The van der Waals surface area contributed by atoms with Crippen LogP contribution in [0.15, 0.2) is 4.52 Å². The highest BCUT2D eigenvalue weighted by atomic mass is 16.5. The lowest BCUT2D eigenvalue weighted by Gasteiger charge is -2.07. The van der Waals surface area contributed by atoms with Crippen molar-refractivity contribution in [2.75, 3.05) is 6.54 Å². The smallest absolute Gasteiger partial charge is 0.255 e. The lowest BCUT2D eigenvalue weighted by atomic mass is 10.2. The highest BCUT2D eigenvalue weighted by Crippen LogP contribution is 2.39. The normalized spacial score (nSPS) is 31.0. The average molecular weight is 209 g/mol. The van der Waals surface area contributed by atoms with Gasteiger partial charge in [-0.05, 0) is 25.7 Å². The molecule has 82 valence electrons. The van der Waals surface area contributed by atoms with Crippen molar-refractivity contribution in [3.05, 3.63) is 11.7 Å². The summed E-state index contributed by atoms with van der Waals surface area (Å²) >= 11 is 0.